The highest BCUT2D eigenvalue weighted by molar-refractivity contribution is 7.10. The van der Waals surface area contributed by atoms with Crippen LogP contribution in [0.2, 0.25) is 10.0 Å². The van der Waals surface area contributed by atoms with Crippen LogP contribution < -0.4 is 4.90 Å². The van der Waals surface area contributed by atoms with Gasteiger partial charge in [-0.05, 0) is 53.3 Å². The number of rotatable bonds is 9. The Hall–Kier alpha value is -2.95. The third kappa shape index (κ3) is 5.08. The second-order valence-electron chi connectivity index (χ2n) is 7.79. The van der Waals surface area contributed by atoms with Crippen LogP contribution in [0.4, 0.5) is 5.95 Å². The van der Waals surface area contributed by atoms with Gasteiger partial charge in [-0.1, -0.05) is 41.6 Å². The van der Waals surface area contributed by atoms with Gasteiger partial charge in [0.25, 0.3) is 11.9 Å². The van der Waals surface area contributed by atoms with Gasteiger partial charge in [0.15, 0.2) is 5.75 Å². The van der Waals surface area contributed by atoms with E-state index in [1.54, 1.807) is 29.7 Å². The molecule has 12 heteroatoms. The third-order valence-corrected chi connectivity index (χ3v) is 7.00. The van der Waals surface area contributed by atoms with E-state index in [9.17, 15) is 9.90 Å². The van der Waals surface area contributed by atoms with Crippen molar-refractivity contribution >= 4 is 46.4 Å². The van der Waals surface area contributed by atoms with E-state index in [0.717, 1.165) is 34.7 Å². The molecule has 0 spiro atoms. The standard InChI is InChI=1S/C22H23Cl2N7O2S/c1-3-4-5-19-25-10-17(30(19)11-14-8-15(23)20(32)16(24)9-14)21(33)31(22-26-28-29-27-22)12-18-13(2)6-7-34-18/h6-10,32H,3-5,11-12H2,1-2H3,(H,26,27,28,29). The van der Waals surface area contributed by atoms with Gasteiger partial charge in [-0.2, -0.15) is 5.21 Å². The van der Waals surface area contributed by atoms with Crippen LogP contribution in [0.5, 0.6) is 5.75 Å². The Balaban J connectivity index is 1.73. The van der Waals surface area contributed by atoms with Crippen LogP contribution in [0, 0.1) is 6.92 Å². The zero-order valence-corrected chi connectivity index (χ0v) is 21.0. The predicted octanol–water partition coefficient (Wildman–Crippen LogP) is 5.02. The number of nitrogens with zero attached hydrogens (tertiary/aromatic N) is 6. The number of phenols is 1. The number of imidazole rings is 1. The first-order valence-electron chi connectivity index (χ1n) is 10.7. The second kappa shape index (κ2) is 10.5. The van der Waals surface area contributed by atoms with Crippen molar-refractivity contribution in [3.63, 3.8) is 0 Å². The SMILES string of the molecule is CCCCc1ncc(C(=O)N(Cc2sccc2C)c2nn[nH]n2)n1Cc1cc(Cl)c(O)c(Cl)c1. The Morgan fingerprint density at radius 1 is 1.29 bits per heavy atom. The fourth-order valence-corrected chi connectivity index (χ4v) is 4.97. The summed E-state index contributed by atoms with van der Waals surface area (Å²) in [5.41, 5.74) is 2.19. The Morgan fingerprint density at radius 2 is 2.06 bits per heavy atom. The van der Waals surface area contributed by atoms with Crippen LogP contribution in [0.15, 0.2) is 29.8 Å². The van der Waals surface area contributed by atoms with Gasteiger partial charge in [-0.3, -0.25) is 9.69 Å². The van der Waals surface area contributed by atoms with Gasteiger partial charge in [0, 0.05) is 17.8 Å². The molecule has 0 aliphatic rings. The second-order valence-corrected chi connectivity index (χ2v) is 9.60. The predicted molar refractivity (Wildman–Crippen MR) is 132 cm³/mol. The number of aromatic hydroxyl groups is 1. The molecule has 0 fully saturated rings. The smallest absolute Gasteiger partial charge is 0.279 e. The number of tetrazole rings is 1. The topological polar surface area (TPSA) is 113 Å². The first-order chi connectivity index (χ1) is 16.4. The molecular weight excluding hydrogens is 497 g/mol. The number of aryl methyl sites for hydroxylation is 2. The zero-order valence-electron chi connectivity index (χ0n) is 18.6. The molecule has 9 nitrogen and oxygen atoms in total. The van der Waals surface area contributed by atoms with E-state index in [4.69, 9.17) is 23.2 Å². The highest BCUT2D eigenvalue weighted by atomic mass is 35.5. The van der Waals surface area contributed by atoms with Crippen LogP contribution in [-0.2, 0) is 19.5 Å². The minimum atomic E-state index is -0.305. The summed E-state index contributed by atoms with van der Waals surface area (Å²) in [6, 6.07) is 5.27. The fraction of sp³-hybridized carbons (Fsp3) is 0.318. The van der Waals surface area contributed by atoms with E-state index in [1.807, 2.05) is 22.9 Å². The number of phenolic OH excluding ortho intramolecular Hbond substituents is 1. The largest absolute Gasteiger partial charge is 0.505 e. The maximum absolute atomic E-state index is 13.8. The summed E-state index contributed by atoms with van der Waals surface area (Å²) < 4.78 is 1.85. The number of carbonyl (C=O) groups is 1. The number of hydrogen-bond donors (Lipinski definition) is 2. The normalized spacial score (nSPS) is 11.2. The number of unbranched alkanes of at least 4 members (excludes halogenated alkanes) is 1. The molecule has 1 amide bonds. The molecule has 0 saturated carbocycles. The van der Waals surface area contributed by atoms with Crippen LogP contribution >= 0.6 is 34.5 Å². The van der Waals surface area contributed by atoms with Gasteiger partial charge in [0.2, 0.25) is 0 Å². The van der Waals surface area contributed by atoms with Gasteiger partial charge >= 0.3 is 0 Å². The summed E-state index contributed by atoms with van der Waals surface area (Å²) in [6.07, 6.45) is 4.19. The number of aromatic amines is 1. The molecule has 3 aromatic heterocycles. The van der Waals surface area contributed by atoms with Crippen molar-refractivity contribution in [2.45, 2.75) is 46.2 Å². The minimum absolute atomic E-state index is 0.146. The van der Waals surface area contributed by atoms with Gasteiger partial charge in [0.1, 0.15) is 11.5 Å². The van der Waals surface area contributed by atoms with Crippen molar-refractivity contribution in [1.82, 2.24) is 30.2 Å². The number of halogens is 2. The highest BCUT2D eigenvalue weighted by Gasteiger charge is 2.27. The lowest BCUT2D eigenvalue weighted by Gasteiger charge is -2.20. The maximum Gasteiger partial charge on any atom is 0.279 e. The number of carbonyl (C=O) groups excluding carboxylic acids is 1. The van der Waals surface area contributed by atoms with Crippen molar-refractivity contribution in [3.8, 4) is 5.75 Å². The number of aromatic nitrogens is 6. The molecule has 3 heterocycles. The van der Waals surface area contributed by atoms with E-state index in [2.05, 4.69) is 32.5 Å². The monoisotopic (exact) mass is 519 g/mol. The molecular formula is C22H23Cl2N7O2S. The first kappa shape index (κ1) is 24.2. The van der Waals surface area contributed by atoms with Crippen molar-refractivity contribution < 1.29 is 9.90 Å². The number of hydrogen-bond acceptors (Lipinski definition) is 7. The molecule has 0 aliphatic heterocycles. The summed E-state index contributed by atoms with van der Waals surface area (Å²) in [6.45, 7) is 4.70. The van der Waals surface area contributed by atoms with Crippen LogP contribution in [0.25, 0.3) is 0 Å². The molecule has 0 bridgehead atoms. The maximum atomic E-state index is 13.8. The Kier molecular flexibility index (Phi) is 7.50. The summed E-state index contributed by atoms with van der Waals surface area (Å²) in [5, 5.41) is 26.3. The minimum Gasteiger partial charge on any atom is -0.505 e. The van der Waals surface area contributed by atoms with Crippen molar-refractivity contribution in [1.29, 1.82) is 0 Å². The fourth-order valence-electron chi connectivity index (χ4n) is 3.54. The number of nitrogens with one attached hydrogen (secondary N) is 1. The Morgan fingerprint density at radius 3 is 2.68 bits per heavy atom. The van der Waals surface area contributed by atoms with Crippen molar-refractivity contribution in [3.05, 3.63) is 67.3 Å². The van der Waals surface area contributed by atoms with Crippen molar-refractivity contribution in [2.75, 3.05) is 4.90 Å². The summed E-state index contributed by atoms with van der Waals surface area (Å²) >= 11 is 13.8. The molecule has 178 valence electrons. The Bertz CT molecular complexity index is 1260. The molecule has 1 aromatic carbocycles. The van der Waals surface area contributed by atoms with E-state index in [1.165, 1.54) is 4.90 Å². The number of amides is 1. The number of H-pyrrole nitrogens is 1. The highest BCUT2D eigenvalue weighted by Crippen LogP contribution is 2.33. The molecule has 0 atom stereocenters. The van der Waals surface area contributed by atoms with Crippen LogP contribution in [0.1, 0.15) is 52.1 Å². The average molecular weight is 520 g/mol. The summed E-state index contributed by atoms with van der Waals surface area (Å²) in [4.78, 5) is 20.9. The molecule has 4 aromatic rings. The van der Waals surface area contributed by atoms with E-state index in [-0.39, 0.29) is 27.7 Å². The lowest BCUT2D eigenvalue weighted by Crippen LogP contribution is -2.33. The first-order valence-corrected chi connectivity index (χ1v) is 12.3. The number of thiophene rings is 1. The number of anilines is 1. The van der Waals surface area contributed by atoms with E-state index < -0.39 is 0 Å². The zero-order chi connectivity index (χ0) is 24.2. The average Bonchev–Trinajstić information content (AvgIpc) is 3.56. The molecule has 0 radical (unpaired) electrons. The molecule has 2 N–H and O–H groups in total. The van der Waals surface area contributed by atoms with Gasteiger partial charge in [0.05, 0.1) is 22.8 Å². The Labute approximate surface area is 210 Å². The molecule has 0 unspecified atom stereocenters. The summed E-state index contributed by atoms with van der Waals surface area (Å²) in [7, 11) is 0. The summed E-state index contributed by atoms with van der Waals surface area (Å²) in [5.74, 6) is 0.470. The van der Waals surface area contributed by atoms with E-state index in [0.29, 0.717) is 25.2 Å². The van der Waals surface area contributed by atoms with E-state index >= 15 is 0 Å². The molecule has 34 heavy (non-hydrogen) atoms. The van der Waals surface area contributed by atoms with Crippen LogP contribution in [0.3, 0.4) is 0 Å². The van der Waals surface area contributed by atoms with Crippen LogP contribution in [-0.4, -0.2) is 41.2 Å². The van der Waals surface area contributed by atoms with Gasteiger partial charge in [-0.15, -0.1) is 16.4 Å². The molecule has 0 aliphatic carbocycles. The third-order valence-electron chi connectivity index (χ3n) is 5.42. The van der Waals surface area contributed by atoms with Gasteiger partial charge < -0.3 is 9.67 Å². The lowest BCUT2D eigenvalue weighted by molar-refractivity contribution is 0.0974. The number of benzene rings is 1. The molecule has 4 rings (SSSR count). The van der Waals surface area contributed by atoms with Crippen molar-refractivity contribution in [2.24, 2.45) is 0 Å². The molecule has 0 saturated heterocycles. The lowest BCUT2D eigenvalue weighted by atomic mass is 10.2. The van der Waals surface area contributed by atoms with Gasteiger partial charge in [-0.25, -0.2) is 4.98 Å². The quantitative estimate of drug-likeness (QED) is 0.321.